The number of sulfone groups is 1. The number of Topliss-reactive ketones (excluding diaryl/α,β-unsaturated/α-hetero) is 1. The number of ether oxygens (including phenoxy) is 2. The second-order valence-corrected chi connectivity index (χ2v) is 11.6. The summed E-state index contributed by atoms with van der Waals surface area (Å²) in [6, 6.07) is 18.5. The summed E-state index contributed by atoms with van der Waals surface area (Å²) in [5.74, 6) is 0.193. The molecule has 0 aromatic heterocycles. The van der Waals surface area contributed by atoms with Gasteiger partial charge in [-0.25, -0.2) is 12.8 Å². The molecule has 1 aliphatic rings. The zero-order valence-electron chi connectivity index (χ0n) is 20.0. The van der Waals surface area contributed by atoms with E-state index in [2.05, 4.69) is 0 Å². The third kappa shape index (κ3) is 6.14. The van der Waals surface area contributed by atoms with Gasteiger partial charge in [0.1, 0.15) is 23.0 Å². The molecule has 0 amide bonds. The average Bonchev–Trinajstić information content (AvgIpc) is 2.87. The highest BCUT2D eigenvalue weighted by Crippen LogP contribution is 2.38. The lowest BCUT2D eigenvalue weighted by atomic mass is 9.86. The lowest BCUT2D eigenvalue weighted by molar-refractivity contribution is -0.117. The van der Waals surface area contributed by atoms with E-state index in [0.29, 0.717) is 37.4 Å². The highest BCUT2D eigenvalue weighted by Gasteiger charge is 2.37. The molecule has 0 atom stereocenters. The minimum atomic E-state index is -3.26. The summed E-state index contributed by atoms with van der Waals surface area (Å²) in [5, 5.41) is 0.0666. The van der Waals surface area contributed by atoms with Gasteiger partial charge in [0.25, 0.3) is 0 Å². The first-order valence-electron chi connectivity index (χ1n) is 11.9. The molecule has 1 fully saturated rings. The van der Waals surface area contributed by atoms with Gasteiger partial charge >= 0.3 is 0 Å². The molecule has 190 valence electrons. The van der Waals surface area contributed by atoms with Crippen LogP contribution in [0.25, 0.3) is 0 Å². The van der Waals surface area contributed by atoms with Crippen LogP contribution in [-0.2, 0) is 37.8 Å². The van der Waals surface area contributed by atoms with E-state index in [1.54, 1.807) is 37.3 Å². The summed E-state index contributed by atoms with van der Waals surface area (Å²) in [7, 11) is -3.26. The predicted molar refractivity (Wildman–Crippen MR) is 137 cm³/mol. The van der Waals surface area contributed by atoms with Crippen LogP contribution in [0.3, 0.4) is 0 Å². The number of hydrogen-bond donors (Lipinski definition) is 0. The summed E-state index contributed by atoms with van der Waals surface area (Å²) in [4.78, 5) is 12.9. The van der Waals surface area contributed by atoms with Crippen LogP contribution in [0, 0.1) is 5.82 Å². The zero-order valence-corrected chi connectivity index (χ0v) is 21.6. The van der Waals surface area contributed by atoms with Gasteiger partial charge in [-0.15, -0.1) is 0 Å². The molecule has 0 spiro atoms. The molecule has 0 unspecified atom stereocenters. The Labute approximate surface area is 216 Å². The molecule has 1 saturated heterocycles. The van der Waals surface area contributed by atoms with Crippen molar-refractivity contribution in [2.75, 3.05) is 19.0 Å². The topological polar surface area (TPSA) is 69.7 Å². The number of carbonyl (C=O) groups is 1. The van der Waals surface area contributed by atoms with Gasteiger partial charge in [-0.1, -0.05) is 48.9 Å². The van der Waals surface area contributed by atoms with Crippen LogP contribution in [0.1, 0.15) is 36.5 Å². The van der Waals surface area contributed by atoms with Crippen molar-refractivity contribution in [3.8, 4) is 5.75 Å². The van der Waals surface area contributed by atoms with Crippen LogP contribution in [0.15, 0.2) is 71.6 Å². The molecule has 3 aromatic rings. The standard InChI is InChI=1S/C28H28ClFO5S/c1-2-36(32,33)25-10-5-21(6-11-25)18-23(31)17-20-3-8-24(9-4-20)35-28(13-15-34-16-14-28)22-7-12-26(29)27(30)19-22/h3-12,19H,2,13-18H2,1H3. The molecule has 3 aromatic carbocycles. The fourth-order valence-corrected chi connectivity index (χ4v) is 5.33. The van der Waals surface area contributed by atoms with Crippen LogP contribution in [0.4, 0.5) is 4.39 Å². The Morgan fingerprint density at radius 2 is 1.56 bits per heavy atom. The number of benzene rings is 3. The molecule has 4 rings (SSSR count). The van der Waals surface area contributed by atoms with Crippen molar-refractivity contribution >= 4 is 27.2 Å². The molecule has 8 heteroatoms. The van der Waals surface area contributed by atoms with E-state index in [-0.39, 0.29) is 34.3 Å². The molecule has 1 aliphatic heterocycles. The molecular formula is C28H28ClFO5S. The quantitative estimate of drug-likeness (QED) is 0.354. The Morgan fingerprint density at radius 3 is 2.11 bits per heavy atom. The maximum Gasteiger partial charge on any atom is 0.178 e. The van der Waals surface area contributed by atoms with Gasteiger partial charge in [-0.3, -0.25) is 4.79 Å². The molecule has 1 heterocycles. The molecule has 0 saturated carbocycles. The molecule has 36 heavy (non-hydrogen) atoms. The molecule has 0 radical (unpaired) electrons. The SMILES string of the molecule is CCS(=O)(=O)c1ccc(CC(=O)Cc2ccc(OC3(c4ccc(Cl)c(F)c4)CCOCC3)cc2)cc1. The predicted octanol–water partition coefficient (Wildman–Crippen LogP) is 5.71. The second-order valence-electron chi connectivity index (χ2n) is 8.92. The highest BCUT2D eigenvalue weighted by molar-refractivity contribution is 7.91. The Morgan fingerprint density at radius 1 is 0.972 bits per heavy atom. The molecule has 0 bridgehead atoms. The van der Waals surface area contributed by atoms with E-state index in [1.807, 2.05) is 24.3 Å². The second kappa shape index (κ2) is 11.1. The van der Waals surface area contributed by atoms with Crippen molar-refractivity contribution in [1.82, 2.24) is 0 Å². The third-order valence-corrected chi connectivity index (χ3v) is 8.50. The van der Waals surface area contributed by atoms with Crippen molar-refractivity contribution < 1.29 is 27.1 Å². The first-order chi connectivity index (χ1) is 17.2. The van der Waals surface area contributed by atoms with E-state index in [9.17, 15) is 17.6 Å². The van der Waals surface area contributed by atoms with Gasteiger partial charge in [0.2, 0.25) is 0 Å². The average molecular weight is 531 g/mol. The Kier molecular flexibility index (Phi) is 8.13. The van der Waals surface area contributed by atoms with Crippen LogP contribution in [-0.4, -0.2) is 33.2 Å². The largest absolute Gasteiger partial charge is 0.482 e. The van der Waals surface area contributed by atoms with Crippen molar-refractivity contribution in [2.24, 2.45) is 0 Å². The smallest absolute Gasteiger partial charge is 0.178 e. The summed E-state index contributed by atoms with van der Waals surface area (Å²) < 4.78 is 50.0. The number of halogens is 2. The van der Waals surface area contributed by atoms with Crippen molar-refractivity contribution in [1.29, 1.82) is 0 Å². The summed E-state index contributed by atoms with van der Waals surface area (Å²) >= 11 is 5.87. The van der Waals surface area contributed by atoms with E-state index in [1.165, 1.54) is 12.1 Å². The van der Waals surface area contributed by atoms with E-state index < -0.39 is 21.3 Å². The van der Waals surface area contributed by atoms with E-state index in [0.717, 1.165) is 11.1 Å². The molecule has 0 aliphatic carbocycles. The van der Waals surface area contributed by atoms with Gasteiger partial charge in [-0.2, -0.15) is 0 Å². The number of carbonyl (C=O) groups excluding carboxylic acids is 1. The monoisotopic (exact) mass is 530 g/mol. The van der Waals surface area contributed by atoms with E-state index in [4.69, 9.17) is 21.1 Å². The van der Waals surface area contributed by atoms with Gasteiger partial charge in [0, 0.05) is 25.7 Å². The third-order valence-electron chi connectivity index (χ3n) is 6.45. The highest BCUT2D eigenvalue weighted by atomic mass is 35.5. The maximum atomic E-state index is 14.2. The summed E-state index contributed by atoms with van der Waals surface area (Å²) in [6.45, 7) is 2.61. The van der Waals surface area contributed by atoms with Crippen molar-refractivity contribution in [3.63, 3.8) is 0 Å². The maximum absolute atomic E-state index is 14.2. The summed E-state index contributed by atoms with van der Waals surface area (Å²) in [5.41, 5.74) is 1.60. The number of hydrogen-bond acceptors (Lipinski definition) is 5. The van der Waals surface area contributed by atoms with Crippen LogP contribution in [0.2, 0.25) is 5.02 Å². The number of ketones is 1. The van der Waals surface area contributed by atoms with Crippen LogP contribution in [0.5, 0.6) is 5.75 Å². The zero-order chi connectivity index (χ0) is 25.8. The van der Waals surface area contributed by atoms with E-state index >= 15 is 0 Å². The summed E-state index contributed by atoms with van der Waals surface area (Å²) in [6.07, 6.45) is 1.62. The Balaban J connectivity index is 1.42. The molecule has 0 N–H and O–H groups in total. The fourth-order valence-electron chi connectivity index (χ4n) is 4.33. The van der Waals surface area contributed by atoms with Gasteiger partial charge in [0.05, 0.1) is 28.9 Å². The van der Waals surface area contributed by atoms with Crippen LogP contribution >= 0.6 is 11.6 Å². The fraction of sp³-hybridized carbons (Fsp3) is 0.321. The Hall–Kier alpha value is -2.74. The minimum absolute atomic E-state index is 0.0207. The van der Waals surface area contributed by atoms with Gasteiger partial charge in [0.15, 0.2) is 9.84 Å². The Bertz CT molecular complexity index is 1320. The lowest BCUT2D eigenvalue weighted by Crippen LogP contribution is -2.39. The first kappa shape index (κ1) is 26.3. The van der Waals surface area contributed by atoms with Crippen molar-refractivity contribution in [3.05, 3.63) is 94.3 Å². The normalized spacial score (nSPS) is 15.4. The first-order valence-corrected chi connectivity index (χ1v) is 13.9. The molecule has 5 nitrogen and oxygen atoms in total. The lowest BCUT2D eigenvalue weighted by Gasteiger charge is -2.38. The van der Waals surface area contributed by atoms with Gasteiger partial charge in [-0.05, 0) is 53.1 Å². The minimum Gasteiger partial charge on any atom is -0.482 e. The van der Waals surface area contributed by atoms with Gasteiger partial charge < -0.3 is 9.47 Å². The van der Waals surface area contributed by atoms with Crippen molar-refractivity contribution in [2.45, 2.75) is 43.1 Å². The number of rotatable bonds is 9. The van der Waals surface area contributed by atoms with Crippen LogP contribution < -0.4 is 4.74 Å². The molecular weight excluding hydrogens is 503 g/mol.